The quantitative estimate of drug-likeness (QED) is 0.881. The van der Waals surface area contributed by atoms with E-state index in [-0.39, 0.29) is 23.3 Å². The molecular weight excluding hydrogens is 240 g/mol. The van der Waals surface area contributed by atoms with E-state index in [0.717, 1.165) is 6.42 Å². The molecule has 1 aromatic carbocycles. The molecule has 2 aromatic rings. The van der Waals surface area contributed by atoms with Crippen LogP contribution in [-0.2, 0) is 0 Å². The average molecular weight is 254 g/mol. The Kier molecular flexibility index (Phi) is 2.91. The van der Waals surface area contributed by atoms with Crippen LogP contribution < -0.4 is 5.32 Å². The summed E-state index contributed by atoms with van der Waals surface area (Å²) in [6, 6.07) is 11.8. The Bertz CT molecular complexity index is 598. The summed E-state index contributed by atoms with van der Waals surface area (Å²) in [5, 5.41) is 12.5. The van der Waals surface area contributed by atoms with Gasteiger partial charge < -0.3 is 10.4 Å². The van der Waals surface area contributed by atoms with Gasteiger partial charge in [-0.25, -0.2) is 0 Å². The molecule has 2 atom stereocenters. The molecule has 1 fully saturated rings. The molecule has 1 aliphatic rings. The van der Waals surface area contributed by atoms with Gasteiger partial charge in [0.25, 0.3) is 5.91 Å². The Morgan fingerprint density at radius 3 is 2.79 bits per heavy atom. The normalized spacial score (nSPS) is 20.8. The van der Waals surface area contributed by atoms with Crippen LogP contribution in [0.3, 0.4) is 0 Å². The van der Waals surface area contributed by atoms with Crippen LogP contribution in [0, 0.1) is 0 Å². The number of pyridine rings is 1. The van der Waals surface area contributed by atoms with Gasteiger partial charge in [0.05, 0.1) is 11.8 Å². The smallest absolute Gasteiger partial charge is 0.255 e. The van der Waals surface area contributed by atoms with E-state index in [1.165, 1.54) is 24.0 Å². The minimum absolute atomic E-state index is 0.0862. The minimum Gasteiger partial charge on any atom is -0.505 e. The highest BCUT2D eigenvalue weighted by molar-refractivity contribution is 5.97. The van der Waals surface area contributed by atoms with Crippen molar-refractivity contribution in [2.75, 3.05) is 0 Å². The molecule has 4 nitrogen and oxygen atoms in total. The van der Waals surface area contributed by atoms with Crippen molar-refractivity contribution < 1.29 is 9.90 Å². The molecule has 0 spiro atoms. The number of aromatic nitrogens is 1. The summed E-state index contributed by atoms with van der Waals surface area (Å²) < 4.78 is 0. The van der Waals surface area contributed by atoms with Gasteiger partial charge in [-0.3, -0.25) is 9.78 Å². The summed E-state index contributed by atoms with van der Waals surface area (Å²) in [6.45, 7) is 0. The van der Waals surface area contributed by atoms with Crippen LogP contribution >= 0.6 is 0 Å². The summed E-state index contributed by atoms with van der Waals surface area (Å²) in [7, 11) is 0. The molecule has 19 heavy (non-hydrogen) atoms. The van der Waals surface area contributed by atoms with E-state index in [4.69, 9.17) is 0 Å². The van der Waals surface area contributed by atoms with Crippen LogP contribution in [0.25, 0.3) is 0 Å². The number of amides is 1. The van der Waals surface area contributed by atoms with Gasteiger partial charge >= 0.3 is 0 Å². The molecular formula is C15H14N2O2. The van der Waals surface area contributed by atoms with Crippen LogP contribution in [0.4, 0.5) is 0 Å². The number of rotatable bonds is 3. The summed E-state index contributed by atoms with van der Waals surface area (Å²) in [6.07, 6.45) is 3.72. The standard InChI is InChI=1S/C15H14N2O2/c18-14-9-16-7-6-11(14)15(19)17-13-8-12(13)10-4-2-1-3-5-10/h1-7,9,12-13,18H,8H2,(H,17,19). The van der Waals surface area contributed by atoms with Crippen LogP contribution in [0.2, 0.25) is 0 Å². The van der Waals surface area contributed by atoms with E-state index < -0.39 is 0 Å². The maximum absolute atomic E-state index is 12.0. The largest absolute Gasteiger partial charge is 0.505 e. The molecule has 0 radical (unpaired) electrons. The lowest BCUT2D eigenvalue weighted by atomic mass is 10.1. The Morgan fingerprint density at radius 2 is 2.05 bits per heavy atom. The molecule has 0 saturated heterocycles. The number of nitrogens with zero attached hydrogens (tertiary/aromatic N) is 1. The zero-order chi connectivity index (χ0) is 13.2. The summed E-state index contributed by atoms with van der Waals surface area (Å²) in [5.74, 6) is 0.0503. The molecule has 1 amide bonds. The monoisotopic (exact) mass is 254 g/mol. The fraction of sp³-hybridized carbons (Fsp3) is 0.200. The Morgan fingerprint density at radius 1 is 1.26 bits per heavy atom. The molecule has 0 aliphatic heterocycles. The molecule has 4 heteroatoms. The lowest BCUT2D eigenvalue weighted by molar-refractivity contribution is 0.0947. The van der Waals surface area contributed by atoms with Crippen molar-refractivity contribution >= 4 is 5.91 Å². The Hall–Kier alpha value is -2.36. The zero-order valence-electron chi connectivity index (χ0n) is 10.3. The predicted octanol–water partition coefficient (Wildman–Crippen LogP) is 2.07. The van der Waals surface area contributed by atoms with E-state index in [2.05, 4.69) is 22.4 Å². The number of nitrogens with one attached hydrogen (secondary N) is 1. The first-order valence-corrected chi connectivity index (χ1v) is 6.24. The molecule has 3 rings (SSSR count). The van der Waals surface area contributed by atoms with Crippen molar-refractivity contribution in [3.8, 4) is 5.75 Å². The van der Waals surface area contributed by atoms with E-state index in [0.29, 0.717) is 5.92 Å². The first-order chi connectivity index (χ1) is 9.25. The molecule has 0 bridgehead atoms. The number of aromatic hydroxyl groups is 1. The second-order valence-electron chi connectivity index (χ2n) is 4.73. The SMILES string of the molecule is O=C(NC1CC1c1ccccc1)c1ccncc1O. The first kappa shape index (κ1) is 11.7. The van der Waals surface area contributed by atoms with Crippen molar-refractivity contribution in [2.45, 2.75) is 18.4 Å². The summed E-state index contributed by atoms with van der Waals surface area (Å²) in [4.78, 5) is 15.7. The number of carbonyl (C=O) groups is 1. The van der Waals surface area contributed by atoms with E-state index in [1.807, 2.05) is 18.2 Å². The third kappa shape index (κ3) is 2.42. The maximum atomic E-state index is 12.0. The van der Waals surface area contributed by atoms with Crippen LogP contribution in [-0.4, -0.2) is 22.0 Å². The molecule has 1 aromatic heterocycles. The number of hydrogen-bond acceptors (Lipinski definition) is 3. The lowest BCUT2D eigenvalue weighted by Gasteiger charge is -2.06. The number of hydrogen-bond donors (Lipinski definition) is 2. The molecule has 96 valence electrons. The van der Waals surface area contributed by atoms with Crippen molar-refractivity contribution in [1.29, 1.82) is 0 Å². The van der Waals surface area contributed by atoms with Gasteiger partial charge in [-0.2, -0.15) is 0 Å². The topological polar surface area (TPSA) is 62.2 Å². The lowest BCUT2D eigenvalue weighted by Crippen LogP contribution is -2.26. The van der Waals surface area contributed by atoms with Crippen molar-refractivity contribution in [3.05, 3.63) is 59.9 Å². The fourth-order valence-corrected chi connectivity index (χ4v) is 2.25. The van der Waals surface area contributed by atoms with Crippen molar-refractivity contribution in [1.82, 2.24) is 10.3 Å². The first-order valence-electron chi connectivity index (χ1n) is 6.24. The van der Waals surface area contributed by atoms with Gasteiger partial charge in [0.2, 0.25) is 0 Å². The third-order valence-corrected chi connectivity index (χ3v) is 3.38. The molecule has 1 aliphatic carbocycles. The molecule has 1 heterocycles. The number of benzene rings is 1. The maximum Gasteiger partial charge on any atom is 0.255 e. The molecule has 2 N–H and O–H groups in total. The highest BCUT2D eigenvalue weighted by Crippen LogP contribution is 2.40. The Labute approximate surface area is 111 Å². The second-order valence-corrected chi connectivity index (χ2v) is 4.73. The molecule has 2 unspecified atom stereocenters. The second kappa shape index (κ2) is 4.72. The van der Waals surface area contributed by atoms with Crippen molar-refractivity contribution in [3.63, 3.8) is 0 Å². The predicted molar refractivity (Wildman–Crippen MR) is 71.0 cm³/mol. The highest BCUT2D eigenvalue weighted by atomic mass is 16.3. The highest BCUT2D eigenvalue weighted by Gasteiger charge is 2.39. The van der Waals surface area contributed by atoms with Crippen LogP contribution in [0.5, 0.6) is 5.75 Å². The summed E-state index contributed by atoms with van der Waals surface area (Å²) in [5.41, 5.74) is 1.51. The van der Waals surface area contributed by atoms with Crippen LogP contribution in [0.15, 0.2) is 48.8 Å². The zero-order valence-corrected chi connectivity index (χ0v) is 10.3. The minimum atomic E-state index is -0.247. The Balaban J connectivity index is 1.66. The van der Waals surface area contributed by atoms with Crippen LogP contribution in [0.1, 0.15) is 28.3 Å². The fourth-order valence-electron chi connectivity index (χ4n) is 2.25. The van der Waals surface area contributed by atoms with Gasteiger partial charge in [0.1, 0.15) is 5.75 Å². The van der Waals surface area contributed by atoms with Gasteiger partial charge in [-0.1, -0.05) is 30.3 Å². The van der Waals surface area contributed by atoms with E-state index in [1.54, 1.807) is 0 Å². The van der Waals surface area contributed by atoms with Gasteiger partial charge in [-0.15, -0.1) is 0 Å². The van der Waals surface area contributed by atoms with Gasteiger partial charge in [0, 0.05) is 18.2 Å². The number of carbonyl (C=O) groups excluding carboxylic acids is 1. The van der Waals surface area contributed by atoms with Gasteiger partial charge in [-0.05, 0) is 18.1 Å². The average Bonchev–Trinajstić information content (AvgIpc) is 3.19. The van der Waals surface area contributed by atoms with Crippen molar-refractivity contribution in [2.24, 2.45) is 0 Å². The third-order valence-electron chi connectivity index (χ3n) is 3.38. The van der Waals surface area contributed by atoms with E-state index >= 15 is 0 Å². The van der Waals surface area contributed by atoms with Gasteiger partial charge in [0.15, 0.2) is 0 Å². The summed E-state index contributed by atoms with van der Waals surface area (Å²) >= 11 is 0. The van der Waals surface area contributed by atoms with E-state index in [9.17, 15) is 9.90 Å². The molecule has 1 saturated carbocycles.